The number of rotatable bonds is 7. The first-order valence-corrected chi connectivity index (χ1v) is 21.4. The van der Waals surface area contributed by atoms with E-state index in [1.54, 1.807) is 6.07 Å². The molecule has 0 bridgehead atoms. The Morgan fingerprint density at radius 2 is 1.18 bits per heavy atom. The van der Waals surface area contributed by atoms with E-state index in [0.717, 1.165) is 72.5 Å². The van der Waals surface area contributed by atoms with Crippen LogP contribution in [0, 0.1) is 6.07 Å². The molecule has 0 aliphatic rings. The van der Waals surface area contributed by atoms with E-state index >= 15 is 0 Å². The molecule has 2 heterocycles. The third-order valence-corrected chi connectivity index (χ3v) is 11.9. The molecule has 0 unspecified atom stereocenters. The maximum Gasteiger partial charge on any atom is 0.148 e. The van der Waals surface area contributed by atoms with Gasteiger partial charge in [0.2, 0.25) is 0 Å². The van der Waals surface area contributed by atoms with Gasteiger partial charge >= 0.3 is 0 Å². The summed E-state index contributed by atoms with van der Waals surface area (Å²) in [6.45, 7) is 23.9. The minimum atomic E-state index is -0.819. The van der Waals surface area contributed by atoms with E-state index in [4.69, 9.17) is 11.3 Å². The molecule has 0 saturated carbocycles. The SMILES string of the molecule is [2H]C(C)(C)c1ccc(-n2c(-c3ccccc3O)nc3c(-c4[c-]c(-c5cc(-c6ccc(C(C)(C)C)cc6)ccn5)cc(C(C)(C)C)c4)cccc32)c(-c2ccc(C(C)(C)C)cc2)c1.[Pt]. The molecule has 8 aromatic rings. The van der Waals surface area contributed by atoms with Gasteiger partial charge in [0.05, 0.1) is 22.3 Å². The van der Waals surface area contributed by atoms with Crippen molar-refractivity contribution in [3.8, 4) is 67.5 Å². The van der Waals surface area contributed by atoms with Crippen molar-refractivity contribution in [3.63, 3.8) is 0 Å². The largest absolute Gasteiger partial charge is 0.507 e. The zero-order valence-electron chi connectivity index (χ0n) is 38.9. The number of aromatic nitrogens is 3. The fourth-order valence-corrected chi connectivity index (χ4v) is 8.03. The van der Waals surface area contributed by atoms with Gasteiger partial charge in [-0.3, -0.25) is 9.55 Å². The first kappa shape index (κ1) is 43.1. The van der Waals surface area contributed by atoms with Crippen LogP contribution in [0.2, 0.25) is 0 Å². The molecule has 4 nitrogen and oxygen atoms in total. The van der Waals surface area contributed by atoms with Crippen molar-refractivity contribution in [1.29, 1.82) is 0 Å². The monoisotopic (exact) mass is 996 g/mol. The Morgan fingerprint density at radius 1 is 0.581 bits per heavy atom. The van der Waals surface area contributed by atoms with Crippen LogP contribution in [0.5, 0.6) is 5.75 Å². The van der Waals surface area contributed by atoms with Gasteiger partial charge in [0.15, 0.2) is 0 Å². The fourth-order valence-electron chi connectivity index (χ4n) is 8.03. The zero-order chi connectivity index (χ0) is 44.4. The topological polar surface area (TPSA) is 50.9 Å². The molecule has 1 N–H and O–H groups in total. The van der Waals surface area contributed by atoms with E-state index in [2.05, 4.69) is 176 Å². The van der Waals surface area contributed by atoms with Crippen molar-refractivity contribution in [2.24, 2.45) is 0 Å². The van der Waals surface area contributed by atoms with Crippen LogP contribution in [0.1, 0.15) is 106 Å². The number of imidazole rings is 1. The van der Waals surface area contributed by atoms with Crippen molar-refractivity contribution in [2.75, 3.05) is 0 Å². The Hall–Kier alpha value is -5.57. The fraction of sp³-hybridized carbons (Fsp3) is 0.263. The minimum absolute atomic E-state index is 0. The Morgan fingerprint density at radius 3 is 1.79 bits per heavy atom. The molecule has 0 atom stereocenters. The summed E-state index contributed by atoms with van der Waals surface area (Å²) >= 11 is 0. The molecular weight excluding hydrogens is 938 g/mol. The van der Waals surface area contributed by atoms with E-state index in [9.17, 15) is 5.11 Å². The number of phenolic OH excluding ortho intramolecular Hbond substituents is 1. The van der Waals surface area contributed by atoms with Crippen LogP contribution in [0.4, 0.5) is 0 Å². The second-order valence-corrected chi connectivity index (χ2v) is 19.7. The van der Waals surface area contributed by atoms with Crippen molar-refractivity contribution in [2.45, 2.75) is 98.3 Å². The molecule has 2 aromatic heterocycles. The van der Waals surface area contributed by atoms with E-state index in [1.807, 2.05) is 44.3 Å². The Balaban J connectivity index is 0.00000595. The van der Waals surface area contributed by atoms with Crippen molar-refractivity contribution in [3.05, 3.63) is 168 Å². The summed E-state index contributed by atoms with van der Waals surface area (Å²) in [7, 11) is 0. The van der Waals surface area contributed by atoms with Crippen LogP contribution in [-0.4, -0.2) is 19.6 Å². The molecule has 8 rings (SSSR count). The molecule has 0 amide bonds. The third kappa shape index (κ3) is 8.86. The average molecular weight is 997 g/mol. The van der Waals surface area contributed by atoms with Gasteiger partial charge in [-0.25, -0.2) is 4.98 Å². The Labute approximate surface area is 384 Å². The average Bonchev–Trinajstić information content (AvgIpc) is 3.62. The molecule has 62 heavy (non-hydrogen) atoms. The standard InChI is InChI=1S/C57H58N3O.Pt/c1-36(2)39-23-28-50(48(34-39)38-21-26-44(27-22-38)56(6,7)8)60-51-17-14-16-46(53(51)59-54(60)47-15-12-13-18-52(47)61)41-31-42(33-45(32-41)57(9,10)11)49-35-40(29-30-58-49)37-19-24-43(25-20-37)55(3,4)5;/h12-30,32-36,61H,1-11H3;/q-1;/i36D;. The maximum absolute atomic E-state index is 11.4. The van der Waals surface area contributed by atoms with Gasteiger partial charge < -0.3 is 5.11 Å². The Bertz CT molecular complexity index is 2940. The molecule has 6 aromatic carbocycles. The molecule has 0 spiro atoms. The predicted molar refractivity (Wildman–Crippen MR) is 257 cm³/mol. The number of phenols is 1. The van der Waals surface area contributed by atoms with Crippen LogP contribution in [0.15, 0.2) is 140 Å². The summed E-state index contributed by atoms with van der Waals surface area (Å²) in [5, 5.41) is 11.4. The Kier molecular flexibility index (Phi) is 11.8. The van der Waals surface area contributed by atoms with Crippen molar-refractivity contribution >= 4 is 11.0 Å². The quantitative estimate of drug-likeness (QED) is 0.162. The van der Waals surface area contributed by atoms with Gasteiger partial charge in [-0.05, 0) is 91.9 Å². The molecule has 318 valence electrons. The normalized spacial score (nSPS) is 12.6. The summed E-state index contributed by atoms with van der Waals surface area (Å²) in [5.41, 5.74) is 15.6. The predicted octanol–water partition coefficient (Wildman–Crippen LogP) is 15.3. The van der Waals surface area contributed by atoms with Gasteiger partial charge in [0, 0.05) is 39.9 Å². The van der Waals surface area contributed by atoms with Crippen molar-refractivity contribution < 1.29 is 27.5 Å². The van der Waals surface area contributed by atoms with E-state index < -0.39 is 5.89 Å². The molecule has 0 radical (unpaired) electrons. The smallest absolute Gasteiger partial charge is 0.148 e. The van der Waals surface area contributed by atoms with Gasteiger partial charge in [-0.2, -0.15) is 0 Å². The number of fused-ring (bicyclic) bond motifs is 1. The van der Waals surface area contributed by atoms with E-state index in [0.29, 0.717) is 11.4 Å². The van der Waals surface area contributed by atoms with Gasteiger partial charge in [-0.15, -0.1) is 29.3 Å². The number of pyridine rings is 1. The molecule has 0 aliphatic heterocycles. The second kappa shape index (κ2) is 16.9. The van der Waals surface area contributed by atoms with Gasteiger partial charge in [0.25, 0.3) is 0 Å². The van der Waals surface area contributed by atoms with Gasteiger partial charge in [0.1, 0.15) is 11.6 Å². The summed E-state index contributed by atoms with van der Waals surface area (Å²) < 4.78 is 11.2. The summed E-state index contributed by atoms with van der Waals surface area (Å²) in [6.07, 6.45) is 1.89. The maximum atomic E-state index is 11.4. The third-order valence-electron chi connectivity index (χ3n) is 11.9. The first-order chi connectivity index (χ1) is 29.2. The van der Waals surface area contributed by atoms with Crippen LogP contribution in [-0.2, 0) is 37.3 Å². The van der Waals surface area contributed by atoms with Crippen molar-refractivity contribution in [1.82, 2.24) is 14.5 Å². The van der Waals surface area contributed by atoms with E-state index in [1.165, 1.54) is 11.1 Å². The molecule has 5 heteroatoms. The van der Waals surface area contributed by atoms with Crippen LogP contribution >= 0.6 is 0 Å². The number of nitrogens with zero attached hydrogens (tertiary/aromatic N) is 3. The minimum Gasteiger partial charge on any atom is -0.507 e. The van der Waals surface area contributed by atoms with Crippen LogP contribution < -0.4 is 0 Å². The second-order valence-electron chi connectivity index (χ2n) is 19.7. The first-order valence-electron chi connectivity index (χ1n) is 21.9. The number of hydrogen-bond donors (Lipinski definition) is 1. The zero-order valence-corrected chi connectivity index (χ0v) is 40.2. The molecule has 0 saturated heterocycles. The summed E-state index contributed by atoms with van der Waals surface area (Å²) in [5.74, 6) is -0.0524. The molecule has 0 fully saturated rings. The summed E-state index contributed by atoms with van der Waals surface area (Å²) in [6, 6.07) is 50.1. The number of hydrogen-bond acceptors (Lipinski definition) is 3. The van der Waals surface area contributed by atoms with Gasteiger partial charge in [-0.1, -0.05) is 172 Å². The molecular formula is C57H58N3OPt-. The van der Waals surface area contributed by atoms with E-state index in [-0.39, 0.29) is 43.1 Å². The summed E-state index contributed by atoms with van der Waals surface area (Å²) in [4.78, 5) is 10.4. The number of benzene rings is 6. The van der Waals surface area contributed by atoms with Crippen LogP contribution in [0.25, 0.3) is 72.7 Å². The number of aromatic hydroxyl groups is 1. The van der Waals surface area contributed by atoms with Crippen LogP contribution in [0.3, 0.4) is 0 Å². The molecule has 0 aliphatic carbocycles. The number of para-hydroxylation sites is 2.